The van der Waals surface area contributed by atoms with Gasteiger partial charge in [0, 0.05) is 37.6 Å². The molecule has 158 valence electrons. The summed E-state index contributed by atoms with van der Waals surface area (Å²) in [5.41, 5.74) is 2.44. The molecule has 1 aliphatic heterocycles. The van der Waals surface area contributed by atoms with Crippen molar-refractivity contribution in [2.75, 3.05) is 45.9 Å². The number of hydrogen-bond donors (Lipinski definition) is 0. The van der Waals surface area contributed by atoms with E-state index in [1.807, 2.05) is 11.3 Å². The van der Waals surface area contributed by atoms with Crippen LogP contribution in [0.5, 0.6) is 0 Å². The highest BCUT2D eigenvalue weighted by Gasteiger charge is 2.18. The second-order valence-electron chi connectivity index (χ2n) is 7.94. The van der Waals surface area contributed by atoms with E-state index in [1.165, 1.54) is 48.5 Å². The van der Waals surface area contributed by atoms with Crippen LogP contribution < -0.4 is 0 Å². The molecule has 4 rings (SSSR count). The molecule has 3 aromatic rings. The molecule has 0 amide bonds. The molecule has 1 aliphatic rings. The molecule has 2 heterocycles. The fourth-order valence-electron chi connectivity index (χ4n) is 4.11. The normalized spacial score (nSPS) is 15.6. The van der Waals surface area contributed by atoms with Gasteiger partial charge in [-0.1, -0.05) is 66.7 Å². The summed E-state index contributed by atoms with van der Waals surface area (Å²) in [7, 11) is 0. The van der Waals surface area contributed by atoms with Crippen LogP contribution in [-0.4, -0.2) is 55.7 Å². The molecule has 2 aromatic carbocycles. The molecule has 0 saturated carbocycles. The molecule has 1 saturated heterocycles. The topological polar surface area (TPSA) is 15.7 Å². The highest BCUT2D eigenvalue weighted by atomic mass is 32.1. The average molecular weight is 421 g/mol. The predicted octanol–water partition coefficient (Wildman–Crippen LogP) is 5.10. The van der Waals surface area contributed by atoms with Gasteiger partial charge in [-0.15, -0.1) is 11.3 Å². The Kier molecular flexibility index (Phi) is 8.09. The smallest absolute Gasteiger partial charge is 0.108 e. The van der Waals surface area contributed by atoms with Crippen molar-refractivity contribution in [3.05, 3.63) is 94.2 Å². The Labute approximate surface area is 184 Å². The first-order chi connectivity index (χ1) is 14.9. The van der Waals surface area contributed by atoms with Crippen molar-refractivity contribution < 1.29 is 4.74 Å². The molecule has 0 spiro atoms. The molecule has 0 radical (unpaired) electrons. The van der Waals surface area contributed by atoms with E-state index in [0.717, 1.165) is 26.2 Å². The fraction of sp³-hybridized carbons (Fsp3) is 0.385. The lowest BCUT2D eigenvalue weighted by Crippen LogP contribution is -2.47. The maximum Gasteiger partial charge on any atom is 0.108 e. The van der Waals surface area contributed by atoms with E-state index in [4.69, 9.17) is 4.74 Å². The van der Waals surface area contributed by atoms with Crippen LogP contribution in [0.1, 0.15) is 28.5 Å². The van der Waals surface area contributed by atoms with E-state index in [1.54, 1.807) is 0 Å². The minimum absolute atomic E-state index is 0.00550. The molecular formula is C26H32N2OS. The van der Waals surface area contributed by atoms with Crippen molar-refractivity contribution >= 4 is 11.3 Å². The van der Waals surface area contributed by atoms with Crippen LogP contribution in [-0.2, 0) is 11.2 Å². The number of aryl methyl sites for hydroxylation is 1. The van der Waals surface area contributed by atoms with Gasteiger partial charge >= 0.3 is 0 Å². The fourth-order valence-corrected chi connectivity index (χ4v) is 4.86. The van der Waals surface area contributed by atoms with Crippen LogP contribution in [0.15, 0.2) is 78.2 Å². The zero-order valence-electron chi connectivity index (χ0n) is 17.7. The van der Waals surface area contributed by atoms with Gasteiger partial charge in [0.25, 0.3) is 0 Å². The summed E-state index contributed by atoms with van der Waals surface area (Å²) in [5, 5.41) is 2.18. The maximum absolute atomic E-state index is 6.40. The van der Waals surface area contributed by atoms with Crippen LogP contribution in [0.2, 0.25) is 0 Å². The van der Waals surface area contributed by atoms with Crippen molar-refractivity contribution in [1.29, 1.82) is 0 Å². The molecule has 1 fully saturated rings. The zero-order valence-corrected chi connectivity index (χ0v) is 18.5. The Hall–Kier alpha value is -1.98. The highest BCUT2D eigenvalue weighted by molar-refractivity contribution is 7.09. The molecule has 0 aliphatic carbocycles. The number of rotatable bonds is 10. The Morgan fingerprint density at radius 1 is 0.733 bits per heavy atom. The number of hydrogen-bond acceptors (Lipinski definition) is 4. The molecule has 0 unspecified atom stereocenters. The van der Waals surface area contributed by atoms with Gasteiger partial charge in [0.15, 0.2) is 0 Å². The average Bonchev–Trinajstić information content (AvgIpc) is 3.32. The van der Waals surface area contributed by atoms with Gasteiger partial charge in [-0.2, -0.15) is 0 Å². The third-order valence-electron chi connectivity index (χ3n) is 5.84. The summed E-state index contributed by atoms with van der Waals surface area (Å²) in [6.07, 6.45) is 2.48. The number of nitrogens with zero attached hydrogens (tertiary/aromatic N) is 2. The minimum atomic E-state index is 0.00550. The van der Waals surface area contributed by atoms with Crippen LogP contribution >= 0.6 is 11.3 Å². The van der Waals surface area contributed by atoms with E-state index >= 15 is 0 Å². The molecule has 0 N–H and O–H groups in total. The van der Waals surface area contributed by atoms with Crippen molar-refractivity contribution in [3.8, 4) is 0 Å². The van der Waals surface area contributed by atoms with Gasteiger partial charge in [-0.3, -0.25) is 4.90 Å². The molecule has 4 heteroatoms. The standard InChI is InChI=1S/C26H32N2OS/c1-3-9-23(10-4-1)26(24-11-5-2-6-12-24)29-21-20-28-18-16-27(17-19-28)15-7-13-25-14-8-22-30-25/h1-6,8-12,14,22,26H,7,13,15-21H2. The van der Waals surface area contributed by atoms with Crippen molar-refractivity contribution in [3.63, 3.8) is 0 Å². The lowest BCUT2D eigenvalue weighted by Gasteiger charge is -2.35. The summed E-state index contributed by atoms with van der Waals surface area (Å²) in [4.78, 5) is 6.67. The molecular weight excluding hydrogens is 388 g/mol. The first kappa shape index (κ1) is 21.3. The first-order valence-corrected chi connectivity index (χ1v) is 11.9. The Bertz CT molecular complexity index is 790. The Morgan fingerprint density at radius 3 is 1.90 bits per heavy atom. The SMILES string of the molecule is c1ccc(C(OCCN2CCN(CCCc3cccs3)CC2)c2ccccc2)cc1. The van der Waals surface area contributed by atoms with Gasteiger partial charge in [0.1, 0.15) is 6.10 Å². The van der Waals surface area contributed by atoms with Gasteiger partial charge in [-0.25, -0.2) is 0 Å². The Morgan fingerprint density at radius 2 is 1.33 bits per heavy atom. The second-order valence-corrected chi connectivity index (χ2v) is 8.97. The van der Waals surface area contributed by atoms with Gasteiger partial charge in [0.2, 0.25) is 0 Å². The number of piperazine rings is 1. The molecule has 0 atom stereocenters. The largest absolute Gasteiger partial charge is 0.367 e. The van der Waals surface area contributed by atoms with Crippen LogP contribution in [0.4, 0.5) is 0 Å². The lowest BCUT2D eigenvalue weighted by molar-refractivity contribution is 0.0452. The molecule has 30 heavy (non-hydrogen) atoms. The monoisotopic (exact) mass is 420 g/mol. The molecule has 3 nitrogen and oxygen atoms in total. The third kappa shape index (κ3) is 6.26. The molecule has 1 aromatic heterocycles. The quantitative estimate of drug-likeness (QED) is 0.454. The summed E-state index contributed by atoms with van der Waals surface area (Å²) >= 11 is 1.88. The summed E-state index contributed by atoms with van der Waals surface area (Å²) in [5.74, 6) is 0. The zero-order chi connectivity index (χ0) is 20.4. The van der Waals surface area contributed by atoms with Gasteiger partial charge in [-0.05, 0) is 42.0 Å². The van der Waals surface area contributed by atoms with Crippen LogP contribution in [0.3, 0.4) is 0 Å². The van der Waals surface area contributed by atoms with E-state index < -0.39 is 0 Å². The van der Waals surface area contributed by atoms with E-state index in [2.05, 4.69) is 88.0 Å². The van der Waals surface area contributed by atoms with E-state index in [-0.39, 0.29) is 6.10 Å². The maximum atomic E-state index is 6.40. The summed E-state index contributed by atoms with van der Waals surface area (Å²) in [6, 6.07) is 25.5. The van der Waals surface area contributed by atoms with E-state index in [0.29, 0.717) is 0 Å². The van der Waals surface area contributed by atoms with Gasteiger partial charge < -0.3 is 9.64 Å². The molecule has 0 bridgehead atoms. The van der Waals surface area contributed by atoms with Crippen molar-refractivity contribution in [2.24, 2.45) is 0 Å². The number of thiophene rings is 1. The van der Waals surface area contributed by atoms with Gasteiger partial charge in [0.05, 0.1) is 6.61 Å². The van der Waals surface area contributed by atoms with Crippen LogP contribution in [0.25, 0.3) is 0 Å². The Balaban J connectivity index is 1.20. The predicted molar refractivity (Wildman–Crippen MR) is 126 cm³/mol. The van der Waals surface area contributed by atoms with Crippen molar-refractivity contribution in [1.82, 2.24) is 9.80 Å². The second kappa shape index (κ2) is 11.4. The number of benzene rings is 2. The third-order valence-corrected chi connectivity index (χ3v) is 6.78. The summed E-state index contributed by atoms with van der Waals surface area (Å²) in [6.45, 7) is 7.60. The van der Waals surface area contributed by atoms with E-state index in [9.17, 15) is 0 Å². The lowest BCUT2D eigenvalue weighted by atomic mass is 10.0. The first-order valence-electron chi connectivity index (χ1n) is 11.1. The van der Waals surface area contributed by atoms with Crippen LogP contribution in [0, 0.1) is 0 Å². The summed E-state index contributed by atoms with van der Waals surface area (Å²) < 4.78 is 6.40. The minimum Gasteiger partial charge on any atom is -0.367 e. The highest BCUT2D eigenvalue weighted by Crippen LogP contribution is 2.25. The number of ether oxygens (including phenoxy) is 1. The van der Waals surface area contributed by atoms with Crippen molar-refractivity contribution in [2.45, 2.75) is 18.9 Å².